The standard InChI is InChI=1S/C26H33ClN6OS/c1-16-17(2)35-26-23(16)24(19-9-11-20(27)12-10-19)30-21(25-32-31-18(3)33(25)26)15-22(34)29-14-8-6-4-5-7-13-28/h9-12,21H,4-8,13-15,28H2,1-3H3,(H,29,34)/t21-/m0/s1/i13D2. The number of rotatable bonds is 10. The van der Waals surface area contributed by atoms with Crippen LogP contribution in [0.2, 0.25) is 5.02 Å². The number of aliphatic imine (C=N–C) groups is 1. The minimum absolute atomic E-state index is 0.0899. The number of halogens is 1. The molecule has 0 unspecified atom stereocenters. The Bertz CT molecular complexity index is 1300. The molecule has 4 rings (SSSR count). The van der Waals surface area contributed by atoms with E-state index in [2.05, 4.69) is 29.4 Å². The van der Waals surface area contributed by atoms with E-state index in [9.17, 15) is 4.79 Å². The fourth-order valence-electron chi connectivity index (χ4n) is 4.31. The molecule has 3 aromatic rings. The number of fused-ring (bicyclic) bond motifs is 3. The fraction of sp³-hybridized carbons (Fsp3) is 0.462. The number of hydrogen-bond donors (Lipinski definition) is 2. The third-order valence-corrected chi connectivity index (χ3v) is 7.75. The van der Waals surface area contributed by atoms with Crippen LogP contribution in [0.5, 0.6) is 0 Å². The lowest BCUT2D eigenvalue weighted by Gasteiger charge is -2.13. The maximum atomic E-state index is 13.0. The third-order valence-electron chi connectivity index (χ3n) is 6.31. The summed E-state index contributed by atoms with van der Waals surface area (Å²) in [5, 5.41) is 13.5. The molecular weight excluding hydrogens is 480 g/mol. The number of thiophene rings is 1. The van der Waals surface area contributed by atoms with Crippen molar-refractivity contribution in [2.24, 2.45) is 10.7 Å². The van der Waals surface area contributed by atoms with Crippen LogP contribution in [0.25, 0.3) is 5.00 Å². The molecule has 186 valence electrons. The molecule has 9 heteroatoms. The van der Waals surface area contributed by atoms with Gasteiger partial charge in [-0.1, -0.05) is 43.0 Å². The molecule has 0 saturated heterocycles. The number of hydrogen-bond acceptors (Lipinski definition) is 6. The predicted molar refractivity (Wildman–Crippen MR) is 143 cm³/mol. The number of carbonyl (C=O) groups is 1. The second-order valence-corrected chi connectivity index (χ2v) is 10.5. The zero-order valence-corrected chi connectivity index (χ0v) is 22.0. The van der Waals surface area contributed by atoms with Crippen molar-refractivity contribution < 1.29 is 7.54 Å². The second-order valence-electron chi connectivity index (χ2n) is 8.83. The summed E-state index contributed by atoms with van der Waals surface area (Å²) >= 11 is 7.85. The van der Waals surface area contributed by atoms with Gasteiger partial charge in [0, 0.05) is 30.3 Å². The third kappa shape index (κ3) is 5.66. The number of nitrogens with zero attached hydrogens (tertiary/aromatic N) is 4. The quantitative estimate of drug-likeness (QED) is 0.362. The van der Waals surface area contributed by atoms with Crippen LogP contribution in [-0.4, -0.2) is 39.4 Å². The first-order chi connectivity index (χ1) is 17.5. The van der Waals surface area contributed by atoms with Gasteiger partial charge in [-0.05, 0) is 57.8 Å². The highest BCUT2D eigenvalue weighted by molar-refractivity contribution is 7.15. The van der Waals surface area contributed by atoms with E-state index in [-0.39, 0.29) is 12.3 Å². The van der Waals surface area contributed by atoms with E-state index in [1.165, 1.54) is 4.88 Å². The molecule has 1 aromatic carbocycles. The monoisotopic (exact) mass is 514 g/mol. The highest BCUT2D eigenvalue weighted by atomic mass is 35.5. The molecule has 0 radical (unpaired) electrons. The average Bonchev–Trinajstić information content (AvgIpc) is 3.30. The number of aromatic nitrogens is 3. The number of benzene rings is 1. The Labute approximate surface area is 218 Å². The summed E-state index contributed by atoms with van der Waals surface area (Å²) in [6, 6.07) is 7.15. The fourth-order valence-corrected chi connectivity index (χ4v) is 5.65. The van der Waals surface area contributed by atoms with E-state index < -0.39 is 12.5 Å². The van der Waals surface area contributed by atoms with Crippen LogP contribution in [0.1, 0.15) is 80.5 Å². The van der Waals surface area contributed by atoms with Gasteiger partial charge in [-0.25, -0.2) is 0 Å². The van der Waals surface area contributed by atoms with E-state index in [1.807, 2.05) is 35.8 Å². The van der Waals surface area contributed by atoms with E-state index in [0.717, 1.165) is 58.9 Å². The summed E-state index contributed by atoms with van der Waals surface area (Å²) < 4.78 is 16.8. The molecular formula is C26H33ClN6OS. The van der Waals surface area contributed by atoms with Gasteiger partial charge in [0.25, 0.3) is 0 Å². The van der Waals surface area contributed by atoms with E-state index in [1.54, 1.807) is 11.3 Å². The summed E-state index contributed by atoms with van der Waals surface area (Å²) in [6.45, 7) is 5.07. The summed E-state index contributed by atoms with van der Waals surface area (Å²) in [7, 11) is 0. The molecule has 7 nitrogen and oxygen atoms in total. The molecule has 3 N–H and O–H groups in total. The topological polar surface area (TPSA) is 98.2 Å². The summed E-state index contributed by atoms with van der Waals surface area (Å²) in [6.07, 6.45) is 3.86. The highest BCUT2D eigenvalue weighted by Crippen LogP contribution is 2.39. The van der Waals surface area contributed by atoms with Crippen molar-refractivity contribution in [1.82, 2.24) is 20.1 Å². The van der Waals surface area contributed by atoms with Crippen molar-refractivity contribution in [3.05, 3.63) is 62.5 Å². The first-order valence-corrected chi connectivity index (χ1v) is 13.2. The van der Waals surface area contributed by atoms with Crippen molar-refractivity contribution in [2.75, 3.05) is 13.0 Å². The van der Waals surface area contributed by atoms with Gasteiger partial charge in [0.2, 0.25) is 5.91 Å². The predicted octanol–water partition coefficient (Wildman–Crippen LogP) is 5.22. The van der Waals surface area contributed by atoms with E-state index in [4.69, 9.17) is 25.1 Å². The first-order valence-electron chi connectivity index (χ1n) is 13.0. The van der Waals surface area contributed by atoms with Gasteiger partial charge in [0.15, 0.2) is 5.82 Å². The van der Waals surface area contributed by atoms with Gasteiger partial charge in [-0.15, -0.1) is 21.5 Å². The Morgan fingerprint density at radius 2 is 1.86 bits per heavy atom. The average molecular weight is 515 g/mol. The lowest BCUT2D eigenvalue weighted by Crippen LogP contribution is -2.26. The molecule has 0 saturated carbocycles. The summed E-state index contributed by atoms with van der Waals surface area (Å²) in [5.74, 6) is 1.33. The minimum Gasteiger partial charge on any atom is -0.356 e. The zero-order valence-electron chi connectivity index (χ0n) is 22.4. The Morgan fingerprint density at radius 1 is 1.14 bits per heavy atom. The van der Waals surface area contributed by atoms with Crippen LogP contribution >= 0.6 is 22.9 Å². The maximum Gasteiger partial charge on any atom is 0.222 e. The highest BCUT2D eigenvalue weighted by Gasteiger charge is 2.32. The molecule has 1 atom stereocenters. The zero-order chi connectivity index (χ0) is 26.7. The van der Waals surface area contributed by atoms with Crippen LogP contribution in [0.15, 0.2) is 29.3 Å². The van der Waals surface area contributed by atoms with Crippen molar-refractivity contribution in [3.8, 4) is 5.00 Å². The number of nitrogens with two attached hydrogens (primary N) is 1. The number of carbonyl (C=O) groups excluding carboxylic acids is 1. The van der Waals surface area contributed by atoms with Gasteiger partial charge in [-0.3, -0.25) is 14.4 Å². The Balaban J connectivity index is 1.54. The van der Waals surface area contributed by atoms with Gasteiger partial charge in [-0.2, -0.15) is 0 Å². The van der Waals surface area contributed by atoms with Gasteiger partial charge in [0.05, 0.1) is 12.1 Å². The van der Waals surface area contributed by atoms with Crippen molar-refractivity contribution in [3.63, 3.8) is 0 Å². The number of amides is 1. The lowest BCUT2D eigenvalue weighted by molar-refractivity contribution is -0.121. The molecule has 0 spiro atoms. The summed E-state index contributed by atoms with van der Waals surface area (Å²) in [4.78, 5) is 19.3. The lowest BCUT2D eigenvalue weighted by atomic mass is 9.99. The number of unbranched alkanes of at least 4 members (excludes halogenated alkanes) is 3. The first kappa shape index (κ1) is 22.9. The number of aryl methyl sites for hydroxylation is 2. The molecule has 1 amide bonds. The van der Waals surface area contributed by atoms with Gasteiger partial charge < -0.3 is 11.1 Å². The molecule has 0 bridgehead atoms. The van der Waals surface area contributed by atoms with Crippen LogP contribution in [0, 0.1) is 20.8 Å². The van der Waals surface area contributed by atoms with Gasteiger partial charge in [0.1, 0.15) is 16.9 Å². The van der Waals surface area contributed by atoms with Crippen molar-refractivity contribution >= 4 is 34.6 Å². The largest absolute Gasteiger partial charge is 0.356 e. The second kappa shape index (κ2) is 11.5. The Morgan fingerprint density at radius 3 is 2.60 bits per heavy atom. The van der Waals surface area contributed by atoms with Crippen LogP contribution in [-0.2, 0) is 4.79 Å². The van der Waals surface area contributed by atoms with Crippen LogP contribution in [0.4, 0.5) is 0 Å². The molecule has 1 aliphatic rings. The molecule has 3 heterocycles. The maximum absolute atomic E-state index is 13.0. The van der Waals surface area contributed by atoms with Crippen LogP contribution in [0.3, 0.4) is 0 Å². The SMILES string of the molecule is [2H]C([2H])(N)CCCCCCNC(=O)C[C@@H]1N=C(c2ccc(Cl)cc2)c2c(sc(C)c2C)-n2c(C)nnc21. The number of nitrogens with one attached hydrogen (secondary N) is 1. The normalized spacial score (nSPS) is 16.0. The molecule has 0 aliphatic carbocycles. The van der Waals surface area contributed by atoms with E-state index in [0.29, 0.717) is 23.8 Å². The summed E-state index contributed by atoms with van der Waals surface area (Å²) in [5.41, 5.74) is 9.35. The minimum atomic E-state index is -1.61. The van der Waals surface area contributed by atoms with Gasteiger partial charge >= 0.3 is 0 Å². The Kier molecular flexibility index (Phi) is 7.49. The molecule has 2 aromatic heterocycles. The van der Waals surface area contributed by atoms with Crippen LogP contribution < -0.4 is 11.1 Å². The smallest absolute Gasteiger partial charge is 0.222 e. The Hall–Kier alpha value is -2.55. The van der Waals surface area contributed by atoms with Crippen molar-refractivity contribution in [1.29, 1.82) is 0 Å². The van der Waals surface area contributed by atoms with E-state index >= 15 is 0 Å². The molecule has 0 fully saturated rings. The molecule has 1 aliphatic heterocycles. The van der Waals surface area contributed by atoms with Crippen molar-refractivity contribution in [2.45, 2.75) is 65.3 Å². The molecule has 35 heavy (non-hydrogen) atoms.